The lowest BCUT2D eigenvalue weighted by molar-refractivity contribution is -0.143. The number of aromatic nitrogens is 4. The molecule has 158 valence electrons. The van der Waals surface area contributed by atoms with E-state index in [2.05, 4.69) is 30.6 Å². The van der Waals surface area contributed by atoms with Crippen molar-refractivity contribution >= 4 is 34.4 Å². The Morgan fingerprint density at radius 2 is 2.27 bits per heavy atom. The standard InChI is InChI=1S/C20H22ClFN6O2/c1-2-23-19(29)20(30)5-3-4-12(7-20)27-18-15(22)10-26-17(28-18)14-9-25-16-13(14)6-11(21)8-24-16/h6,8-10,12,30H,2-5,7H2,1H3,(H,23,29)(H,24,25)(H,26,27,28)/t12-,20+/m0/s1. The van der Waals surface area contributed by atoms with Crippen LogP contribution in [0, 0.1) is 5.82 Å². The second kappa shape index (κ2) is 8.16. The van der Waals surface area contributed by atoms with Gasteiger partial charge in [0, 0.05) is 42.4 Å². The van der Waals surface area contributed by atoms with Crippen LogP contribution in [0.3, 0.4) is 0 Å². The number of rotatable bonds is 5. The summed E-state index contributed by atoms with van der Waals surface area (Å²) in [7, 11) is 0. The van der Waals surface area contributed by atoms with Gasteiger partial charge in [-0.05, 0) is 32.3 Å². The predicted molar refractivity (Wildman–Crippen MR) is 112 cm³/mol. The maximum atomic E-state index is 14.4. The minimum Gasteiger partial charge on any atom is -0.380 e. The number of carbonyl (C=O) groups excluding carboxylic acids is 1. The molecule has 2 atom stereocenters. The van der Waals surface area contributed by atoms with Crippen LogP contribution in [-0.4, -0.2) is 49.1 Å². The number of nitrogens with one attached hydrogen (secondary N) is 3. The van der Waals surface area contributed by atoms with Gasteiger partial charge in [0.15, 0.2) is 17.5 Å². The van der Waals surface area contributed by atoms with E-state index >= 15 is 0 Å². The van der Waals surface area contributed by atoms with E-state index in [1.807, 2.05) is 0 Å². The number of fused-ring (bicyclic) bond motifs is 1. The molecule has 0 radical (unpaired) electrons. The van der Waals surface area contributed by atoms with Crippen LogP contribution in [0.1, 0.15) is 32.6 Å². The summed E-state index contributed by atoms with van der Waals surface area (Å²) in [5.74, 6) is -0.677. The van der Waals surface area contributed by atoms with E-state index in [9.17, 15) is 14.3 Å². The van der Waals surface area contributed by atoms with Gasteiger partial charge in [0.25, 0.3) is 5.91 Å². The molecule has 4 rings (SSSR count). The minimum absolute atomic E-state index is 0.0227. The molecule has 8 nitrogen and oxygen atoms in total. The maximum absolute atomic E-state index is 14.4. The highest BCUT2D eigenvalue weighted by Crippen LogP contribution is 2.32. The Hall–Kier alpha value is -2.78. The number of nitrogens with zero attached hydrogens (tertiary/aromatic N) is 3. The van der Waals surface area contributed by atoms with Gasteiger partial charge < -0.3 is 20.7 Å². The van der Waals surface area contributed by atoms with Crippen LogP contribution in [0.15, 0.2) is 24.7 Å². The molecule has 3 aromatic heterocycles. The van der Waals surface area contributed by atoms with Crippen molar-refractivity contribution in [2.45, 2.75) is 44.2 Å². The number of anilines is 1. The van der Waals surface area contributed by atoms with E-state index in [0.717, 1.165) is 11.6 Å². The highest BCUT2D eigenvalue weighted by molar-refractivity contribution is 6.31. The van der Waals surface area contributed by atoms with E-state index < -0.39 is 17.3 Å². The summed E-state index contributed by atoms with van der Waals surface area (Å²) < 4.78 is 14.4. The van der Waals surface area contributed by atoms with Crippen molar-refractivity contribution in [2.24, 2.45) is 0 Å². The SMILES string of the molecule is CCNC(=O)[C@@]1(O)CCC[C@H](Nc2nc(-c3c[nH]c4ncc(Cl)cc34)ncc2F)C1. The molecule has 3 aromatic rings. The Labute approximate surface area is 177 Å². The zero-order valence-electron chi connectivity index (χ0n) is 16.4. The van der Waals surface area contributed by atoms with Gasteiger partial charge in [-0.1, -0.05) is 11.6 Å². The fraction of sp³-hybridized carbons (Fsp3) is 0.400. The summed E-state index contributed by atoms with van der Waals surface area (Å²) in [5, 5.41) is 17.6. The molecule has 0 bridgehead atoms. The van der Waals surface area contributed by atoms with Crippen molar-refractivity contribution in [3.63, 3.8) is 0 Å². The van der Waals surface area contributed by atoms with Gasteiger partial charge in [-0.2, -0.15) is 0 Å². The van der Waals surface area contributed by atoms with Crippen LogP contribution in [0.2, 0.25) is 5.02 Å². The normalized spacial score (nSPS) is 21.5. The molecule has 0 saturated heterocycles. The lowest BCUT2D eigenvalue weighted by Gasteiger charge is -2.36. The molecular weight excluding hydrogens is 411 g/mol. The number of aromatic amines is 1. The van der Waals surface area contributed by atoms with E-state index in [1.54, 1.807) is 19.2 Å². The molecule has 0 spiro atoms. The topological polar surface area (TPSA) is 116 Å². The molecular formula is C20H22ClFN6O2. The average Bonchev–Trinajstić information content (AvgIpc) is 3.13. The molecule has 0 aliphatic heterocycles. The molecule has 4 N–H and O–H groups in total. The first-order valence-electron chi connectivity index (χ1n) is 9.82. The third-order valence-corrected chi connectivity index (χ3v) is 5.52. The first kappa shape index (κ1) is 20.5. The maximum Gasteiger partial charge on any atom is 0.252 e. The Balaban J connectivity index is 1.59. The highest BCUT2D eigenvalue weighted by Gasteiger charge is 2.41. The van der Waals surface area contributed by atoms with E-state index in [1.165, 1.54) is 6.20 Å². The summed E-state index contributed by atoms with van der Waals surface area (Å²) in [6.45, 7) is 2.23. The second-order valence-electron chi connectivity index (χ2n) is 7.47. The van der Waals surface area contributed by atoms with Crippen molar-refractivity contribution in [1.29, 1.82) is 0 Å². The Bertz CT molecular complexity index is 1090. The number of pyridine rings is 1. The number of carbonyl (C=O) groups is 1. The summed E-state index contributed by atoms with van der Waals surface area (Å²) in [6, 6.07) is 1.44. The quantitative estimate of drug-likeness (QED) is 0.492. The number of likely N-dealkylation sites (N-methyl/N-ethyl adjacent to an activating group) is 1. The molecule has 0 aromatic carbocycles. The summed E-state index contributed by atoms with van der Waals surface area (Å²) in [4.78, 5) is 27.9. The second-order valence-corrected chi connectivity index (χ2v) is 7.91. The lowest BCUT2D eigenvalue weighted by Crippen LogP contribution is -2.52. The number of hydrogen-bond acceptors (Lipinski definition) is 6. The fourth-order valence-corrected chi connectivity index (χ4v) is 4.02. The monoisotopic (exact) mass is 432 g/mol. The number of halogens is 2. The summed E-state index contributed by atoms with van der Waals surface area (Å²) in [6.07, 6.45) is 6.19. The number of hydrogen-bond donors (Lipinski definition) is 4. The zero-order chi connectivity index (χ0) is 21.3. The summed E-state index contributed by atoms with van der Waals surface area (Å²) in [5.41, 5.74) is -0.209. The molecule has 1 amide bonds. The summed E-state index contributed by atoms with van der Waals surface area (Å²) >= 11 is 6.05. The Morgan fingerprint density at radius 3 is 3.07 bits per heavy atom. The molecule has 1 aliphatic rings. The molecule has 1 saturated carbocycles. The van der Waals surface area contributed by atoms with Gasteiger partial charge in [-0.3, -0.25) is 4.79 Å². The van der Waals surface area contributed by atoms with Crippen LogP contribution < -0.4 is 10.6 Å². The minimum atomic E-state index is -1.47. The van der Waals surface area contributed by atoms with Gasteiger partial charge in [0.2, 0.25) is 0 Å². The van der Waals surface area contributed by atoms with Crippen molar-refractivity contribution < 1.29 is 14.3 Å². The zero-order valence-corrected chi connectivity index (χ0v) is 17.1. The lowest BCUT2D eigenvalue weighted by atomic mass is 9.81. The number of amides is 1. The first-order chi connectivity index (χ1) is 14.4. The van der Waals surface area contributed by atoms with E-state index in [4.69, 9.17) is 11.6 Å². The van der Waals surface area contributed by atoms with Crippen LogP contribution in [0.4, 0.5) is 10.2 Å². The molecule has 30 heavy (non-hydrogen) atoms. The molecule has 1 aliphatic carbocycles. The third-order valence-electron chi connectivity index (χ3n) is 5.31. The van der Waals surface area contributed by atoms with Crippen LogP contribution in [0.5, 0.6) is 0 Å². The van der Waals surface area contributed by atoms with Crippen molar-refractivity contribution in [2.75, 3.05) is 11.9 Å². The van der Waals surface area contributed by atoms with E-state index in [0.29, 0.717) is 47.9 Å². The first-order valence-corrected chi connectivity index (χ1v) is 10.2. The fourth-order valence-electron chi connectivity index (χ4n) is 3.86. The average molecular weight is 433 g/mol. The number of H-pyrrole nitrogens is 1. The van der Waals surface area contributed by atoms with Gasteiger partial charge in [0.1, 0.15) is 11.2 Å². The largest absolute Gasteiger partial charge is 0.380 e. The molecule has 0 unspecified atom stereocenters. The van der Waals surface area contributed by atoms with Crippen molar-refractivity contribution in [1.82, 2.24) is 25.3 Å². The Kier molecular flexibility index (Phi) is 5.57. The van der Waals surface area contributed by atoms with Gasteiger partial charge in [0.05, 0.1) is 11.2 Å². The van der Waals surface area contributed by atoms with Gasteiger partial charge in [-0.25, -0.2) is 19.3 Å². The Morgan fingerprint density at radius 1 is 1.43 bits per heavy atom. The highest BCUT2D eigenvalue weighted by atomic mass is 35.5. The van der Waals surface area contributed by atoms with Crippen LogP contribution >= 0.6 is 11.6 Å². The molecule has 1 fully saturated rings. The van der Waals surface area contributed by atoms with Crippen molar-refractivity contribution in [3.05, 3.63) is 35.5 Å². The molecule has 3 heterocycles. The third kappa shape index (κ3) is 3.95. The van der Waals surface area contributed by atoms with E-state index in [-0.39, 0.29) is 18.3 Å². The molecule has 10 heteroatoms. The number of aliphatic hydroxyl groups is 1. The van der Waals surface area contributed by atoms with Gasteiger partial charge >= 0.3 is 0 Å². The predicted octanol–water partition coefficient (Wildman–Crippen LogP) is 3.03. The van der Waals surface area contributed by atoms with Crippen LogP contribution in [-0.2, 0) is 4.79 Å². The van der Waals surface area contributed by atoms with Gasteiger partial charge in [-0.15, -0.1) is 0 Å². The van der Waals surface area contributed by atoms with Crippen LogP contribution in [0.25, 0.3) is 22.4 Å². The smallest absolute Gasteiger partial charge is 0.252 e. The van der Waals surface area contributed by atoms with Crippen molar-refractivity contribution in [3.8, 4) is 11.4 Å².